The van der Waals surface area contributed by atoms with Crippen molar-refractivity contribution in [2.75, 3.05) is 18.0 Å². The van der Waals surface area contributed by atoms with Crippen LogP contribution in [0.3, 0.4) is 0 Å². The number of carboxylic acids is 1. The van der Waals surface area contributed by atoms with Gasteiger partial charge in [0.05, 0.1) is 11.3 Å². The molecule has 0 saturated carbocycles. The number of hydrogen-bond acceptors (Lipinski definition) is 4. The minimum atomic E-state index is -0.956. The number of aromatic carboxylic acids is 1. The van der Waals surface area contributed by atoms with Gasteiger partial charge in [0, 0.05) is 18.7 Å². The average Bonchev–Trinajstić information content (AvgIpc) is 3.04. The first kappa shape index (κ1) is 15.3. The number of carbonyl (C=O) groups is 2. The number of carboxylic acid groups (broad SMARTS) is 1. The SMILES string of the molecule is CC1CCN(c2ccc(-c3ccc(C=O)o3)cc2C(=O)O)CC1. The Kier molecular flexibility index (Phi) is 4.19. The highest BCUT2D eigenvalue weighted by Gasteiger charge is 2.21. The molecule has 23 heavy (non-hydrogen) atoms. The zero-order chi connectivity index (χ0) is 16.4. The summed E-state index contributed by atoms with van der Waals surface area (Å²) in [6.07, 6.45) is 2.77. The summed E-state index contributed by atoms with van der Waals surface area (Å²) in [5.41, 5.74) is 1.67. The minimum absolute atomic E-state index is 0.228. The summed E-state index contributed by atoms with van der Waals surface area (Å²) in [7, 11) is 0. The molecule has 2 aromatic rings. The van der Waals surface area contributed by atoms with Crippen molar-refractivity contribution in [3.63, 3.8) is 0 Å². The normalized spacial score (nSPS) is 15.6. The molecule has 1 aliphatic rings. The van der Waals surface area contributed by atoms with Crippen LogP contribution in [0.5, 0.6) is 0 Å². The molecule has 2 heterocycles. The molecule has 0 aliphatic carbocycles. The number of hydrogen-bond donors (Lipinski definition) is 1. The molecule has 1 N–H and O–H groups in total. The summed E-state index contributed by atoms with van der Waals surface area (Å²) in [5.74, 6) is 0.450. The molecule has 1 aliphatic heterocycles. The lowest BCUT2D eigenvalue weighted by molar-refractivity contribution is 0.0697. The average molecular weight is 313 g/mol. The molecule has 0 bridgehead atoms. The van der Waals surface area contributed by atoms with E-state index in [1.54, 1.807) is 18.2 Å². The van der Waals surface area contributed by atoms with Crippen molar-refractivity contribution < 1.29 is 19.1 Å². The zero-order valence-electron chi connectivity index (χ0n) is 13.0. The highest BCUT2D eigenvalue weighted by molar-refractivity contribution is 5.96. The number of furan rings is 1. The van der Waals surface area contributed by atoms with Gasteiger partial charge in [-0.25, -0.2) is 4.79 Å². The maximum absolute atomic E-state index is 11.7. The number of aldehydes is 1. The number of rotatable bonds is 4. The summed E-state index contributed by atoms with van der Waals surface area (Å²) < 4.78 is 5.38. The van der Waals surface area contributed by atoms with E-state index in [2.05, 4.69) is 11.8 Å². The van der Waals surface area contributed by atoms with Crippen LogP contribution in [0.4, 0.5) is 5.69 Å². The lowest BCUT2D eigenvalue weighted by Crippen LogP contribution is -2.33. The van der Waals surface area contributed by atoms with Crippen molar-refractivity contribution in [3.05, 3.63) is 41.7 Å². The molecule has 5 heteroatoms. The van der Waals surface area contributed by atoms with Crippen LogP contribution < -0.4 is 4.90 Å². The van der Waals surface area contributed by atoms with Gasteiger partial charge in [-0.1, -0.05) is 6.92 Å². The molecule has 0 spiro atoms. The second-order valence-corrected chi connectivity index (χ2v) is 6.03. The Morgan fingerprint density at radius 1 is 1.26 bits per heavy atom. The first-order chi connectivity index (χ1) is 11.1. The van der Waals surface area contributed by atoms with Crippen molar-refractivity contribution >= 4 is 17.9 Å². The van der Waals surface area contributed by atoms with E-state index in [9.17, 15) is 14.7 Å². The predicted molar refractivity (Wildman–Crippen MR) is 87.1 cm³/mol. The van der Waals surface area contributed by atoms with Gasteiger partial charge in [-0.2, -0.15) is 0 Å². The maximum atomic E-state index is 11.7. The van der Waals surface area contributed by atoms with E-state index in [-0.39, 0.29) is 11.3 Å². The first-order valence-electron chi connectivity index (χ1n) is 7.76. The number of benzene rings is 1. The summed E-state index contributed by atoms with van der Waals surface area (Å²) in [4.78, 5) is 24.5. The van der Waals surface area contributed by atoms with Crippen LogP contribution >= 0.6 is 0 Å². The third-order valence-corrected chi connectivity index (χ3v) is 4.38. The van der Waals surface area contributed by atoms with Crippen molar-refractivity contribution in [2.45, 2.75) is 19.8 Å². The molecule has 0 unspecified atom stereocenters. The van der Waals surface area contributed by atoms with Gasteiger partial charge < -0.3 is 14.4 Å². The third-order valence-electron chi connectivity index (χ3n) is 4.38. The molecular formula is C18H19NO4. The maximum Gasteiger partial charge on any atom is 0.337 e. The predicted octanol–water partition coefficient (Wildman–Crippen LogP) is 3.69. The van der Waals surface area contributed by atoms with E-state index >= 15 is 0 Å². The molecule has 0 radical (unpaired) electrons. The molecular weight excluding hydrogens is 294 g/mol. The second-order valence-electron chi connectivity index (χ2n) is 6.03. The van der Waals surface area contributed by atoms with Gasteiger partial charge in [-0.15, -0.1) is 0 Å². The van der Waals surface area contributed by atoms with Crippen LogP contribution in [0.1, 0.15) is 40.7 Å². The molecule has 0 atom stereocenters. The summed E-state index contributed by atoms with van der Waals surface area (Å²) >= 11 is 0. The van der Waals surface area contributed by atoms with Crippen LogP contribution in [0.2, 0.25) is 0 Å². The number of carbonyl (C=O) groups excluding carboxylic acids is 1. The second kappa shape index (κ2) is 6.28. The molecule has 1 saturated heterocycles. The van der Waals surface area contributed by atoms with Crippen molar-refractivity contribution in [1.82, 2.24) is 0 Å². The van der Waals surface area contributed by atoms with Crippen LogP contribution in [-0.4, -0.2) is 30.5 Å². The summed E-state index contributed by atoms with van der Waals surface area (Å²) in [6, 6.07) is 8.53. The van der Waals surface area contributed by atoms with Crippen LogP contribution in [-0.2, 0) is 0 Å². The summed E-state index contributed by atoms with van der Waals surface area (Å²) in [6.45, 7) is 3.97. The minimum Gasteiger partial charge on any atom is -0.478 e. The largest absolute Gasteiger partial charge is 0.478 e. The standard InChI is InChI=1S/C18H19NO4/c1-12-6-8-19(9-7-12)16-4-2-13(10-15(16)18(21)22)17-5-3-14(11-20)23-17/h2-5,10-12H,6-9H2,1H3,(H,21,22). The molecule has 1 aromatic carbocycles. The fraction of sp³-hybridized carbons (Fsp3) is 0.333. The quantitative estimate of drug-likeness (QED) is 0.872. The van der Waals surface area contributed by atoms with E-state index in [0.717, 1.165) is 31.6 Å². The van der Waals surface area contributed by atoms with Gasteiger partial charge in [-0.3, -0.25) is 4.79 Å². The fourth-order valence-electron chi connectivity index (χ4n) is 2.96. The van der Waals surface area contributed by atoms with E-state index in [0.29, 0.717) is 23.5 Å². The van der Waals surface area contributed by atoms with Gasteiger partial charge in [0.15, 0.2) is 12.0 Å². The monoisotopic (exact) mass is 313 g/mol. The number of piperidine rings is 1. The first-order valence-corrected chi connectivity index (χ1v) is 7.76. The van der Waals surface area contributed by atoms with Gasteiger partial charge >= 0.3 is 5.97 Å². The fourth-order valence-corrected chi connectivity index (χ4v) is 2.96. The highest BCUT2D eigenvalue weighted by Crippen LogP contribution is 2.31. The molecule has 1 aromatic heterocycles. The Balaban J connectivity index is 1.95. The van der Waals surface area contributed by atoms with Gasteiger partial charge in [0.25, 0.3) is 0 Å². The van der Waals surface area contributed by atoms with Gasteiger partial charge in [-0.05, 0) is 49.1 Å². The molecule has 1 fully saturated rings. The Morgan fingerprint density at radius 2 is 2.00 bits per heavy atom. The van der Waals surface area contributed by atoms with E-state index in [1.165, 1.54) is 0 Å². The number of nitrogens with zero attached hydrogens (tertiary/aromatic N) is 1. The van der Waals surface area contributed by atoms with Gasteiger partial charge in [0.2, 0.25) is 0 Å². The Labute approximate surface area is 134 Å². The van der Waals surface area contributed by atoms with E-state index in [4.69, 9.17) is 4.42 Å². The van der Waals surface area contributed by atoms with Crippen molar-refractivity contribution in [3.8, 4) is 11.3 Å². The molecule has 120 valence electrons. The third kappa shape index (κ3) is 3.13. The van der Waals surface area contributed by atoms with E-state index in [1.807, 2.05) is 12.1 Å². The Hall–Kier alpha value is -2.56. The topological polar surface area (TPSA) is 70.8 Å². The van der Waals surface area contributed by atoms with Gasteiger partial charge in [0.1, 0.15) is 5.76 Å². The van der Waals surface area contributed by atoms with Crippen molar-refractivity contribution in [1.29, 1.82) is 0 Å². The lowest BCUT2D eigenvalue weighted by atomic mass is 9.97. The Morgan fingerprint density at radius 3 is 2.61 bits per heavy atom. The van der Waals surface area contributed by atoms with Crippen LogP contribution in [0.15, 0.2) is 34.7 Å². The van der Waals surface area contributed by atoms with Crippen molar-refractivity contribution in [2.24, 2.45) is 5.92 Å². The Bertz CT molecular complexity index is 726. The number of anilines is 1. The lowest BCUT2D eigenvalue weighted by Gasteiger charge is -2.33. The smallest absolute Gasteiger partial charge is 0.337 e. The van der Waals surface area contributed by atoms with Crippen LogP contribution in [0.25, 0.3) is 11.3 Å². The zero-order valence-corrected chi connectivity index (χ0v) is 13.0. The molecule has 3 rings (SSSR count). The summed E-state index contributed by atoms with van der Waals surface area (Å²) in [5, 5.41) is 9.56. The van der Waals surface area contributed by atoms with Crippen LogP contribution in [0, 0.1) is 5.92 Å². The highest BCUT2D eigenvalue weighted by atomic mass is 16.4. The van der Waals surface area contributed by atoms with E-state index < -0.39 is 5.97 Å². The molecule has 0 amide bonds. The molecule has 5 nitrogen and oxygen atoms in total.